The van der Waals surface area contributed by atoms with E-state index in [-0.39, 0.29) is 5.95 Å². The van der Waals surface area contributed by atoms with Gasteiger partial charge in [0.2, 0.25) is 5.95 Å². The average Bonchev–Trinajstić information content (AvgIpc) is 2.55. The van der Waals surface area contributed by atoms with Crippen molar-refractivity contribution in [1.82, 2.24) is 9.97 Å². The standard InChI is InChI=1S/C16H21N5O/c1-18-13-10-14(20-15(17)19-13)21-9-5-8-16(22,11-21)12-6-3-2-4-7-12/h2-4,6-7,10,22H,5,8-9,11H2,1H3,(H3,17,18,19,20)/t16-/m0/s1. The van der Waals surface area contributed by atoms with E-state index in [2.05, 4.69) is 20.2 Å². The largest absolute Gasteiger partial charge is 0.383 e. The summed E-state index contributed by atoms with van der Waals surface area (Å²) in [7, 11) is 1.79. The van der Waals surface area contributed by atoms with Crippen molar-refractivity contribution in [2.45, 2.75) is 18.4 Å². The summed E-state index contributed by atoms with van der Waals surface area (Å²) in [5.41, 5.74) is 5.85. The Morgan fingerprint density at radius 2 is 2.05 bits per heavy atom. The zero-order valence-electron chi connectivity index (χ0n) is 12.7. The number of anilines is 3. The Balaban J connectivity index is 1.89. The second-order valence-corrected chi connectivity index (χ2v) is 5.64. The molecule has 0 bridgehead atoms. The van der Waals surface area contributed by atoms with Crippen LogP contribution in [0.5, 0.6) is 0 Å². The third-order valence-corrected chi connectivity index (χ3v) is 4.09. The first-order valence-corrected chi connectivity index (χ1v) is 7.46. The predicted octanol–water partition coefficient (Wildman–Crippen LogP) is 1.59. The van der Waals surface area contributed by atoms with E-state index in [1.807, 2.05) is 36.4 Å². The zero-order chi connectivity index (χ0) is 15.6. The van der Waals surface area contributed by atoms with Crippen LogP contribution in [0.2, 0.25) is 0 Å². The van der Waals surface area contributed by atoms with E-state index in [9.17, 15) is 5.11 Å². The Hall–Kier alpha value is -2.34. The summed E-state index contributed by atoms with van der Waals surface area (Å²) < 4.78 is 0. The molecule has 2 heterocycles. The first kappa shape index (κ1) is 14.6. The number of nitrogens with two attached hydrogens (primary N) is 1. The molecule has 1 atom stereocenters. The lowest BCUT2D eigenvalue weighted by Gasteiger charge is -2.40. The van der Waals surface area contributed by atoms with Gasteiger partial charge in [-0.05, 0) is 18.4 Å². The van der Waals surface area contributed by atoms with Crippen molar-refractivity contribution in [1.29, 1.82) is 0 Å². The topological polar surface area (TPSA) is 87.3 Å². The Kier molecular flexibility index (Phi) is 3.85. The fourth-order valence-corrected chi connectivity index (χ4v) is 2.96. The molecule has 1 fully saturated rings. The predicted molar refractivity (Wildman–Crippen MR) is 87.8 cm³/mol. The minimum Gasteiger partial charge on any atom is -0.383 e. The highest BCUT2D eigenvalue weighted by atomic mass is 16.3. The molecule has 6 nitrogen and oxygen atoms in total. The highest BCUT2D eigenvalue weighted by molar-refractivity contribution is 5.53. The number of β-amino-alcohol motifs (C(OH)–C–C–N with tert-alkyl or cyclic N) is 1. The maximum atomic E-state index is 11.0. The van der Waals surface area contributed by atoms with Gasteiger partial charge in [-0.2, -0.15) is 9.97 Å². The monoisotopic (exact) mass is 299 g/mol. The molecule has 116 valence electrons. The van der Waals surface area contributed by atoms with Gasteiger partial charge in [0.1, 0.15) is 17.2 Å². The summed E-state index contributed by atoms with van der Waals surface area (Å²) in [6.07, 6.45) is 1.64. The third-order valence-electron chi connectivity index (χ3n) is 4.09. The van der Waals surface area contributed by atoms with Gasteiger partial charge in [-0.1, -0.05) is 30.3 Å². The van der Waals surface area contributed by atoms with Gasteiger partial charge >= 0.3 is 0 Å². The molecule has 1 saturated heterocycles. The van der Waals surface area contributed by atoms with Crippen LogP contribution in [0.4, 0.5) is 17.6 Å². The van der Waals surface area contributed by atoms with Crippen LogP contribution in [0.1, 0.15) is 18.4 Å². The number of nitrogen functional groups attached to an aromatic ring is 1. The van der Waals surface area contributed by atoms with E-state index in [1.54, 1.807) is 7.05 Å². The first-order valence-electron chi connectivity index (χ1n) is 7.46. The number of aliphatic hydroxyl groups is 1. The Morgan fingerprint density at radius 1 is 1.27 bits per heavy atom. The maximum absolute atomic E-state index is 11.0. The second kappa shape index (κ2) is 5.81. The van der Waals surface area contributed by atoms with Crippen LogP contribution in [0.15, 0.2) is 36.4 Å². The molecule has 0 saturated carbocycles. The smallest absolute Gasteiger partial charge is 0.223 e. The van der Waals surface area contributed by atoms with Gasteiger partial charge in [0, 0.05) is 19.7 Å². The lowest BCUT2D eigenvalue weighted by molar-refractivity contribution is 0.0217. The van der Waals surface area contributed by atoms with Gasteiger partial charge in [0.15, 0.2) is 0 Å². The van der Waals surface area contributed by atoms with E-state index >= 15 is 0 Å². The van der Waals surface area contributed by atoms with E-state index in [0.29, 0.717) is 12.4 Å². The molecule has 0 radical (unpaired) electrons. The normalized spacial score (nSPS) is 21.6. The summed E-state index contributed by atoms with van der Waals surface area (Å²) >= 11 is 0. The minimum absolute atomic E-state index is 0.232. The summed E-state index contributed by atoms with van der Waals surface area (Å²) in [5.74, 6) is 1.65. The molecular weight excluding hydrogens is 278 g/mol. The van der Waals surface area contributed by atoms with Crippen LogP contribution in [0.25, 0.3) is 0 Å². The molecule has 0 spiro atoms. The zero-order valence-corrected chi connectivity index (χ0v) is 12.7. The SMILES string of the molecule is CNc1cc(N2CCC[C@@](O)(c3ccccc3)C2)nc(N)n1. The molecule has 6 heteroatoms. The molecule has 1 aliphatic rings. The number of hydrogen-bond donors (Lipinski definition) is 3. The van der Waals surface area contributed by atoms with Gasteiger partial charge < -0.3 is 21.1 Å². The number of nitrogens with zero attached hydrogens (tertiary/aromatic N) is 3. The molecule has 0 amide bonds. The molecule has 0 aliphatic carbocycles. The quantitative estimate of drug-likeness (QED) is 0.798. The summed E-state index contributed by atoms with van der Waals surface area (Å²) in [4.78, 5) is 10.5. The number of rotatable bonds is 3. The second-order valence-electron chi connectivity index (χ2n) is 5.64. The Bertz CT molecular complexity index is 648. The molecule has 22 heavy (non-hydrogen) atoms. The fourth-order valence-electron chi connectivity index (χ4n) is 2.96. The molecule has 1 aromatic carbocycles. The van der Waals surface area contributed by atoms with Gasteiger partial charge in [-0.15, -0.1) is 0 Å². The van der Waals surface area contributed by atoms with Gasteiger partial charge in [-0.25, -0.2) is 0 Å². The number of hydrogen-bond acceptors (Lipinski definition) is 6. The van der Waals surface area contributed by atoms with Crippen molar-refractivity contribution in [3.05, 3.63) is 42.0 Å². The lowest BCUT2D eigenvalue weighted by atomic mass is 9.86. The summed E-state index contributed by atoms with van der Waals surface area (Å²) in [6, 6.07) is 11.7. The van der Waals surface area contributed by atoms with E-state index in [0.717, 1.165) is 30.8 Å². The summed E-state index contributed by atoms with van der Waals surface area (Å²) in [5, 5.41) is 14.0. The number of nitrogens with one attached hydrogen (secondary N) is 1. The molecule has 2 aromatic rings. The lowest BCUT2D eigenvalue weighted by Crippen LogP contribution is -2.46. The van der Waals surface area contributed by atoms with Crippen LogP contribution >= 0.6 is 0 Å². The fraction of sp³-hybridized carbons (Fsp3) is 0.375. The van der Waals surface area contributed by atoms with Gasteiger partial charge in [-0.3, -0.25) is 0 Å². The molecule has 1 aliphatic heterocycles. The van der Waals surface area contributed by atoms with Crippen molar-refractivity contribution in [2.24, 2.45) is 0 Å². The maximum Gasteiger partial charge on any atom is 0.223 e. The van der Waals surface area contributed by atoms with Crippen LogP contribution in [-0.2, 0) is 5.60 Å². The van der Waals surface area contributed by atoms with Crippen molar-refractivity contribution in [3.8, 4) is 0 Å². The minimum atomic E-state index is -0.862. The molecule has 0 unspecified atom stereocenters. The van der Waals surface area contributed by atoms with Crippen molar-refractivity contribution in [3.63, 3.8) is 0 Å². The average molecular weight is 299 g/mol. The van der Waals surface area contributed by atoms with Crippen molar-refractivity contribution < 1.29 is 5.11 Å². The molecule has 4 N–H and O–H groups in total. The van der Waals surface area contributed by atoms with Crippen LogP contribution < -0.4 is 16.0 Å². The number of piperidine rings is 1. The Labute approximate surface area is 130 Å². The third kappa shape index (κ3) is 2.82. The van der Waals surface area contributed by atoms with E-state index in [1.165, 1.54) is 0 Å². The highest BCUT2D eigenvalue weighted by Crippen LogP contribution is 2.33. The Morgan fingerprint density at radius 3 is 2.77 bits per heavy atom. The van der Waals surface area contributed by atoms with Crippen LogP contribution in [-0.4, -0.2) is 35.2 Å². The van der Waals surface area contributed by atoms with E-state index < -0.39 is 5.60 Å². The van der Waals surface area contributed by atoms with Gasteiger partial charge in [0.05, 0.1) is 6.54 Å². The van der Waals surface area contributed by atoms with Crippen molar-refractivity contribution >= 4 is 17.6 Å². The summed E-state index contributed by atoms with van der Waals surface area (Å²) in [6.45, 7) is 1.34. The molecule has 1 aromatic heterocycles. The first-order chi connectivity index (χ1) is 10.6. The highest BCUT2D eigenvalue weighted by Gasteiger charge is 2.35. The van der Waals surface area contributed by atoms with Gasteiger partial charge in [0.25, 0.3) is 0 Å². The molecular formula is C16H21N5O. The van der Waals surface area contributed by atoms with Crippen LogP contribution in [0, 0.1) is 0 Å². The van der Waals surface area contributed by atoms with Crippen molar-refractivity contribution in [2.75, 3.05) is 36.1 Å². The molecule has 3 rings (SSSR count). The van der Waals surface area contributed by atoms with Crippen LogP contribution in [0.3, 0.4) is 0 Å². The number of benzene rings is 1. The number of aromatic nitrogens is 2. The van der Waals surface area contributed by atoms with E-state index in [4.69, 9.17) is 5.73 Å².